The fourth-order valence-electron chi connectivity index (χ4n) is 1.45. The average Bonchev–Trinajstić information content (AvgIpc) is 2.25. The number of hydrogen-bond acceptors (Lipinski definition) is 3. The van der Waals surface area contributed by atoms with Gasteiger partial charge in [-0.2, -0.15) is 0 Å². The normalized spacial score (nSPS) is 10.3. The van der Waals surface area contributed by atoms with Gasteiger partial charge in [0.15, 0.2) is 0 Å². The first kappa shape index (κ1) is 15.2. The van der Waals surface area contributed by atoms with Gasteiger partial charge in [0.25, 0.3) is 0 Å². The van der Waals surface area contributed by atoms with Gasteiger partial charge in [-0.3, -0.25) is 10.3 Å². The summed E-state index contributed by atoms with van der Waals surface area (Å²) in [4.78, 5) is 15.2. The molecule has 0 saturated carbocycles. The van der Waals surface area contributed by atoms with Crippen LogP contribution in [0.2, 0.25) is 0 Å². The van der Waals surface area contributed by atoms with Crippen LogP contribution < -0.4 is 16.7 Å². The van der Waals surface area contributed by atoms with E-state index in [4.69, 9.17) is 10.6 Å². The number of hydrogen-bond donors (Lipinski definition) is 3. The third-order valence-corrected chi connectivity index (χ3v) is 2.35. The van der Waals surface area contributed by atoms with Gasteiger partial charge < -0.3 is 5.73 Å². The Kier molecular flexibility index (Phi) is 11.6. The first-order valence-corrected chi connectivity index (χ1v) is 6.19. The lowest BCUT2D eigenvalue weighted by Gasteiger charge is -2.05. The van der Waals surface area contributed by atoms with Crippen molar-refractivity contribution in [2.75, 3.05) is 6.61 Å². The van der Waals surface area contributed by atoms with Gasteiger partial charge in [-0.25, -0.2) is 4.79 Å². The van der Waals surface area contributed by atoms with Crippen LogP contribution in [0.5, 0.6) is 0 Å². The molecule has 0 aliphatic heterocycles. The topological polar surface area (TPSA) is 76.4 Å². The van der Waals surface area contributed by atoms with E-state index in [0.717, 1.165) is 6.42 Å². The van der Waals surface area contributed by atoms with Crippen LogP contribution >= 0.6 is 0 Å². The highest BCUT2D eigenvalue weighted by Gasteiger charge is 1.92. The van der Waals surface area contributed by atoms with Gasteiger partial charge in [0.1, 0.15) is 0 Å². The molecule has 0 atom stereocenters. The van der Waals surface area contributed by atoms with Gasteiger partial charge in [0, 0.05) is 0 Å². The van der Waals surface area contributed by atoms with E-state index in [9.17, 15) is 4.79 Å². The number of urea groups is 1. The van der Waals surface area contributed by atoms with Crippen LogP contribution in [0.1, 0.15) is 58.3 Å². The van der Waals surface area contributed by atoms with Crippen molar-refractivity contribution in [2.45, 2.75) is 58.3 Å². The van der Waals surface area contributed by atoms with Crippen molar-refractivity contribution in [1.29, 1.82) is 0 Å². The van der Waals surface area contributed by atoms with Crippen molar-refractivity contribution >= 4 is 6.03 Å². The van der Waals surface area contributed by atoms with E-state index < -0.39 is 6.03 Å². The van der Waals surface area contributed by atoms with Crippen molar-refractivity contribution in [2.24, 2.45) is 5.73 Å². The summed E-state index contributed by atoms with van der Waals surface area (Å²) in [6, 6.07) is -0.643. The van der Waals surface area contributed by atoms with Crippen molar-refractivity contribution in [3.05, 3.63) is 0 Å². The van der Waals surface area contributed by atoms with Crippen LogP contribution in [0.15, 0.2) is 0 Å². The summed E-state index contributed by atoms with van der Waals surface area (Å²) in [6.07, 6.45) is 10.1. The molecule has 5 heteroatoms. The molecule has 0 aromatic heterocycles. The number of nitrogens with two attached hydrogens (primary N) is 1. The molecule has 5 nitrogen and oxygen atoms in total. The zero-order valence-electron chi connectivity index (χ0n) is 10.3. The van der Waals surface area contributed by atoms with Crippen molar-refractivity contribution < 1.29 is 9.63 Å². The molecular weight excluding hydrogens is 206 g/mol. The molecule has 0 unspecified atom stereocenters. The standard InChI is InChI=1S/C11H25N3O2/c1-2-3-4-5-6-7-8-9-10-16-14-13-11(12)15/h14H,2-10H2,1H3,(H3,12,13,15). The Morgan fingerprint density at radius 2 is 1.62 bits per heavy atom. The Morgan fingerprint density at radius 3 is 2.19 bits per heavy atom. The number of amides is 2. The average molecular weight is 231 g/mol. The molecule has 0 aliphatic carbocycles. The summed E-state index contributed by atoms with van der Waals surface area (Å²) in [5.41, 5.74) is 9.24. The molecule has 0 spiro atoms. The van der Waals surface area contributed by atoms with Gasteiger partial charge in [-0.15, -0.1) is 5.59 Å². The molecule has 0 aliphatic rings. The number of hydrazine groups is 1. The van der Waals surface area contributed by atoms with Gasteiger partial charge >= 0.3 is 6.03 Å². The molecule has 16 heavy (non-hydrogen) atoms. The SMILES string of the molecule is CCCCCCCCCCONNC(N)=O. The highest BCUT2D eigenvalue weighted by Crippen LogP contribution is 2.07. The summed E-state index contributed by atoms with van der Waals surface area (Å²) in [7, 11) is 0. The van der Waals surface area contributed by atoms with Gasteiger partial charge in [0.05, 0.1) is 6.61 Å². The number of carbonyl (C=O) groups is 1. The Bertz CT molecular complexity index is 165. The zero-order valence-corrected chi connectivity index (χ0v) is 10.3. The second kappa shape index (κ2) is 12.3. The van der Waals surface area contributed by atoms with E-state index in [-0.39, 0.29) is 0 Å². The maximum Gasteiger partial charge on any atom is 0.328 e. The molecule has 0 aromatic carbocycles. The minimum absolute atomic E-state index is 0.592. The largest absolute Gasteiger partial charge is 0.350 e. The predicted molar refractivity (Wildman–Crippen MR) is 64.4 cm³/mol. The van der Waals surface area contributed by atoms with Crippen LogP contribution in [0.4, 0.5) is 4.79 Å². The molecule has 0 bridgehead atoms. The molecule has 0 saturated heterocycles. The van der Waals surface area contributed by atoms with Crippen LogP contribution in [-0.2, 0) is 4.84 Å². The number of rotatable bonds is 11. The molecule has 0 heterocycles. The van der Waals surface area contributed by atoms with Gasteiger partial charge in [-0.1, -0.05) is 51.9 Å². The molecular formula is C11H25N3O2. The molecule has 0 rings (SSSR count). The van der Waals surface area contributed by atoms with Gasteiger partial charge in [0.2, 0.25) is 0 Å². The third kappa shape index (κ3) is 13.2. The lowest BCUT2D eigenvalue weighted by Crippen LogP contribution is -2.41. The first-order chi connectivity index (χ1) is 7.77. The summed E-state index contributed by atoms with van der Waals surface area (Å²) >= 11 is 0. The van der Waals surface area contributed by atoms with E-state index >= 15 is 0 Å². The van der Waals surface area contributed by atoms with Crippen molar-refractivity contribution in [1.82, 2.24) is 11.0 Å². The summed E-state index contributed by atoms with van der Waals surface area (Å²) in [5, 5.41) is 0. The van der Waals surface area contributed by atoms with E-state index in [0.29, 0.717) is 6.61 Å². The fourth-order valence-corrected chi connectivity index (χ4v) is 1.45. The van der Waals surface area contributed by atoms with E-state index in [1.54, 1.807) is 0 Å². The van der Waals surface area contributed by atoms with Crippen LogP contribution in [0.3, 0.4) is 0 Å². The Labute approximate surface area is 98.0 Å². The summed E-state index contributed by atoms with van der Waals surface area (Å²) < 4.78 is 0. The zero-order chi connectivity index (χ0) is 12.1. The van der Waals surface area contributed by atoms with Crippen molar-refractivity contribution in [3.63, 3.8) is 0 Å². The highest BCUT2D eigenvalue weighted by atomic mass is 16.7. The van der Waals surface area contributed by atoms with E-state index in [1.165, 1.54) is 44.9 Å². The van der Waals surface area contributed by atoms with Crippen LogP contribution in [-0.4, -0.2) is 12.6 Å². The Morgan fingerprint density at radius 1 is 1.06 bits per heavy atom. The Balaban J connectivity index is 2.90. The second-order valence-corrected chi connectivity index (χ2v) is 3.91. The smallest absolute Gasteiger partial charge is 0.328 e. The first-order valence-electron chi connectivity index (χ1n) is 6.19. The quantitative estimate of drug-likeness (QED) is 0.377. The molecule has 4 N–H and O–H groups in total. The lowest BCUT2D eigenvalue weighted by atomic mass is 10.1. The number of primary amides is 1. The maximum atomic E-state index is 10.2. The molecule has 96 valence electrons. The minimum atomic E-state index is -0.643. The second-order valence-electron chi connectivity index (χ2n) is 3.91. The molecule has 0 aromatic rings. The third-order valence-electron chi connectivity index (χ3n) is 2.35. The monoisotopic (exact) mass is 231 g/mol. The maximum absolute atomic E-state index is 10.2. The lowest BCUT2D eigenvalue weighted by molar-refractivity contribution is 0.0178. The molecule has 0 fully saturated rings. The van der Waals surface area contributed by atoms with Gasteiger partial charge in [-0.05, 0) is 6.42 Å². The molecule has 0 radical (unpaired) electrons. The van der Waals surface area contributed by atoms with Crippen molar-refractivity contribution in [3.8, 4) is 0 Å². The summed E-state index contributed by atoms with van der Waals surface area (Å²) in [5.74, 6) is 0. The highest BCUT2D eigenvalue weighted by molar-refractivity contribution is 5.70. The van der Waals surface area contributed by atoms with Crippen LogP contribution in [0.25, 0.3) is 0 Å². The number of unbranched alkanes of at least 4 members (excludes halogenated alkanes) is 7. The van der Waals surface area contributed by atoms with E-state index in [2.05, 4.69) is 17.9 Å². The summed E-state index contributed by atoms with van der Waals surface area (Å²) in [6.45, 7) is 2.82. The molecule has 2 amide bonds. The number of nitrogens with one attached hydrogen (secondary N) is 2. The minimum Gasteiger partial charge on any atom is -0.350 e. The number of carbonyl (C=O) groups excluding carboxylic acids is 1. The predicted octanol–water partition coefficient (Wildman–Crippen LogP) is 2.23. The van der Waals surface area contributed by atoms with E-state index in [1.807, 2.05) is 0 Å². The van der Waals surface area contributed by atoms with Crippen LogP contribution in [0, 0.1) is 0 Å². The Hall–Kier alpha value is -0.810. The fraction of sp³-hybridized carbons (Fsp3) is 0.909.